The molecule has 2 aliphatic rings. The summed E-state index contributed by atoms with van der Waals surface area (Å²) in [5.41, 5.74) is 2.49. The molecule has 0 aromatic carbocycles. The van der Waals surface area contributed by atoms with Crippen LogP contribution >= 0.6 is 0 Å². The van der Waals surface area contributed by atoms with E-state index in [4.69, 9.17) is 9.47 Å². The average Bonchev–Trinajstić information content (AvgIpc) is 2.76. The normalized spacial score (nSPS) is 23.5. The van der Waals surface area contributed by atoms with E-state index in [0.29, 0.717) is 0 Å². The maximum Gasteiger partial charge on any atom is -1.00 e. The number of halogens is 2. The molecule has 0 bridgehead atoms. The predicted octanol–water partition coefficient (Wildman–Crippen LogP) is -0.827. The van der Waals surface area contributed by atoms with Gasteiger partial charge in [0, 0.05) is 0 Å². The largest absolute Gasteiger partial charge is 1.00 e. The molecule has 0 N–H and O–H groups in total. The van der Waals surface area contributed by atoms with Crippen LogP contribution in [-0.2, 0) is 29.9 Å². The fraction of sp³-hybridized carbons (Fsp3) is 0.579. The molecule has 0 fully saturated rings. The molecule has 2 aliphatic carbocycles. The van der Waals surface area contributed by atoms with E-state index in [1.165, 1.54) is 15.0 Å². The van der Waals surface area contributed by atoms with E-state index in [1.54, 1.807) is 0 Å². The third-order valence-corrected chi connectivity index (χ3v) is 4.58. The Morgan fingerprint density at radius 2 is 1.83 bits per heavy atom. The first-order valence-electron chi connectivity index (χ1n) is 8.01. The van der Waals surface area contributed by atoms with Gasteiger partial charge in [-0.15, -0.1) is 0 Å². The van der Waals surface area contributed by atoms with Gasteiger partial charge in [0.05, 0.1) is 0 Å². The van der Waals surface area contributed by atoms with E-state index in [-0.39, 0.29) is 36.3 Å². The quantitative estimate of drug-likeness (QED) is 0.449. The molecule has 0 saturated heterocycles. The number of rotatable bonds is 4. The Morgan fingerprint density at radius 3 is 2.29 bits per heavy atom. The molecule has 1 atom stereocenters. The Bertz CT molecular complexity index is 568. The number of hydrogen-bond donors (Lipinski definition) is 0. The van der Waals surface area contributed by atoms with Gasteiger partial charge in [0.2, 0.25) is 0 Å². The van der Waals surface area contributed by atoms with Gasteiger partial charge in [-0.2, -0.15) is 0 Å². The molecular formula is C19H27Cl2O2Ti. The minimum Gasteiger partial charge on any atom is -1.00 e. The Labute approximate surface area is 171 Å². The number of ether oxygens (including phenoxy) is 2. The van der Waals surface area contributed by atoms with E-state index in [2.05, 4.69) is 86.3 Å². The van der Waals surface area contributed by atoms with Crippen LogP contribution in [0.4, 0.5) is 0 Å². The van der Waals surface area contributed by atoms with Gasteiger partial charge in [0.1, 0.15) is 0 Å². The van der Waals surface area contributed by atoms with E-state index in [9.17, 15) is 0 Å². The van der Waals surface area contributed by atoms with Crippen molar-refractivity contribution in [3.05, 3.63) is 45.1 Å². The second-order valence-corrected chi connectivity index (χ2v) is 8.37. The van der Waals surface area contributed by atoms with Crippen molar-refractivity contribution < 1.29 is 54.7 Å². The maximum atomic E-state index is 6.51. The minimum absolute atomic E-state index is 0. The van der Waals surface area contributed by atoms with Gasteiger partial charge in [0.25, 0.3) is 0 Å². The second kappa shape index (κ2) is 9.10. The van der Waals surface area contributed by atoms with Crippen molar-refractivity contribution in [2.45, 2.75) is 66.3 Å². The summed E-state index contributed by atoms with van der Waals surface area (Å²) in [4.78, 5) is 0. The van der Waals surface area contributed by atoms with Crippen LogP contribution in [0.15, 0.2) is 45.1 Å². The smallest absolute Gasteiger partial charge is 1.00 e. The van der Waals surface area contributed by atoms with Crippen LogP contribution in [0.3, 0.4) is 0 Å². The van der Waals surface area contributed by atoms with Crippen molar-refractivity contribution in [2.24, 2.45) is 5.41 Å². The fourth-order valence-electron chi connectivity index (χ4n) is 2.96. The van der Waals surface area contributed by atoms with E-state index < -0.39 is 5.79 Å². The molecule has 0 spiro atoms. The summed E-state index contributed by atoms with van der Waals surface area (Å²) in [6, 6.07) is 0. The molecular weight excluding hydrogens is 379 g/mol. The third kappa shape index (κ3) is 5.51. The monoisotopic (exact) mass is 405 g/mol. The topological polar surface area (TPSA) is 18.5 Å². The van der Waals surface area contributed by atoms with Gasteiger partial charge in [-0.25, -0.2) is 0 Å². The summed E-state index contributed by atoms with van der Waals surface area (Å²) in [7, 11) is 0. The molecule has 0 amide bonds. The van der Waals surface area contributed by atoms with E-state index in [1.807, 2.05) is 0 Å². The summed E-state index contributed by atoms with van der Waals surface area (Å²) in [6.07, 6.45) is 10.5. The van der Waals surface area contributed by atoms with Crippen molar-refractivity contribution in [2.75, 3.05) is 0 Å². The molecule has 0 heterocycles. The molecule has 0 aliphatic heterocycles. The second-order valence-electron chi connectivity index (χ2n) is 7.43. The third-order valence-electron chi connectivity index (χ3n) is 3.87. The average molecular weight is 406 g/mol. The summed E-state index contributed by atoms with van der Waals surface area (Å²) < 4.78 is 14.2. The SMILES string of the molecule is CC1=CCC(OC2=[C]([Ti+2])CC=C2)(OC(C)C)C(C(C)(C)C)=C1.[Cl-].[Cl-]. The zero-order valence-electron chi connectivity index (χ0n) is 15.4. The molecule has 0 saturated carbocycles. The minimum atomic E-state index is -0.697. The molecule has 0 aromatic rings. The zero-order valence-corrected chi connectivity index (χ0v) is 18.4. The van der Waals surface area contributed by atoms with Crippen molar-refractivity contribution in [1.82, 2.24) is 0 Å². The molecule has 2 rings (SSSR count). The standard InChI is InChI=1S/C19H27O2.2ClH.Ti/c1-14(2)20-19(21-16-9-7-8-10-16)12-11-15(3)13-17(19)18(4,5)6;;;/h7,9,11,13-14H,8,12H2,1-6H3;2*1H;/q;;;+2/p-2. The maximum absolute atomic E-state index is 6.51. The van der Waals surface area contributed by atoms with Gasteiger partial charge in [0.15, 0.2) is 0 Å². The van der Waals surface area contributed by atoms with Crippen LogP contribution < -0.4 is 24.8 Å². The van der Waals surface area contributed by atoms with Crippen molar-refractivity contribution in [3.63, 3.8) is 0 Å². The van der Waals surface area contributed by atoms with Crippen LogP contribution in [0.25, 0.3) is 0 Å². The predicted molar refractivity (Wildman–Crippen MR) is 86.7 cm³/mol. The molecule has 0 radical (unpaired) electrons. The van der Waals surface area contributed by atoms with Crippen molar-refractivity contribution >= 4 is 0 Å². The molecule has 0 aromatic heterocycles. The summed E-state index contributed by atoms with van der Waals surface area (Å²) in [5.74, 6) is 0.265. The van der Waals surface area contributed by atoms with Gasteiger partial charge >= 0.3 is 147 Å². The Morgan fingerprint density at radius 1 is 1.21 bits per heavy atom. The molecule has 133 valence electrons. The van der Waals surface area contributed by atoms with Gasteiger partial charge in [-0.05, 0) is 0 Å². The first-order chi connectivity index (χ1) is 10.1. The van der Waals surface area contributed by atoms with Gasteiger partial charge < -0.3 is 24.8 Å². The van der Waals surface area contributed by atoms with Crippen LogP contribution in [0.2, 0.25) is 0 Å². The van der Waals surface area contributed by atoms with Crippen LogP contribution in [0, 0.1) is 5.41 Å². The van der Waals surface area contributed by atoms with Crippen LogP contribution in [-0.4, -0.2) is 11.9 Å². The molecule has 2 nitrogen and oxygen atoms in total. The van der Waals surface area contributed by atoms with E-state index >= 15 is 0 Å². The number of hydrogen-bond acceptors (Lipinski definition) is 2. The number of allylic oxidation sites excluding steroid dienone is 5. The van der Waals surface area contributed by atoms with Gasteiger partial charge in [-0.1, -0.05) is 0 Å². The summed E-state index contributed by atoms with van der Waals surface area (Å²) >= 11 is 2.13. The fourth-order valence-corrected chi connectivity index (χ4v) is 3.35. The first kappa shape index (κ1) is 24.0. The van der Waals surface area contributed by atoms with E-state index in [0.717, 1.165) is 18.6 Å². The van der Waals surface area contributed by atoms with Crippen molar-refractivity contribution in [1.29, 1.82) is 0 Å². The van der Waals surface area contributed by atoms with Crippen molar-refractivity contribution in [3.8, 4) is 0 Å². The molecule has 5 heteroatoms. The van der Waals surface area contributed by atoms with Gasteiger partial charge in [-0.3, -0.25) is 0 Å². The Kier molecular flexibility index (Phi) is 9.10. The Hall–Kier alpha value is 0.0143. The first-order valence-corrected chi connectivity index (χ1v) is 8.80. The Balaban J connectivity index is 0.00000264. The summed E-state index contributed by atoms with van der Waals surface area (Å²) in [6.45, 7) is 13.0. The molecule has 24 heavy (non-hydrogen) atoms. The molecule has 1 unspecified atom stereocenters. The van der Waals surface area contributed by atoms with Crippen LogP contribution in [0.5, 0.6) is 0 Å². The zero-order chi connectivity index (χ0) is 16.5. The summed E-state index contributed by atoms with van der Waals surface area (Å²) in [5, 5.41) is 0. The van der Waals surface area contributed by atoms with Crippen LogP contribution in [0.1, 0.15) is 54.4 Å².